The summed E-state index contributed by atoms with van der Waals surface area (Å²) in [6, 6.07) is 6.91. The molecular formula is C25H34S. The third kappa shape index (κ3) is 2.50. The molecule has 1 unspecified atom stereocenters. The minimum absolute atomic E-state index is 0.0179. The largest absolute Gasteiger partial charge is 0.114 e. The molecule has 0 aliphatic carbocycles. The first kappa shape index (κ1) is 19.5. The van der Waals surface area contributed by atoms with Gasteiger partial charge in [-0.2, -0.15) is 0 Å². The van der Waals surface area contributed by atoms with E-state index in [1.807, 2.05) is 0 Å². The molecule has 0 bridgehead atoms. The van der Waals surface area contributed by atoms with Gasteiger partial charge in [-0.1, -0.05) is 39.0 Å². The Morgan fingerprint density at radius 3 is 1.92 bits per heavy atom. The van der Waals surface area contributed by atoms with Gasteiger partial charge in [0.25, 0.3) is 0 Å². The molecule has 1 aliphatic heterocycles. The van der Waals surface area contributed by atoms with Crippen molar-refractivity contribution in [2.45, 2.75) is 84.3 Å². The summed E-state index contributed by atoms with van der Waals surface area (Å²) in [7, 11) is 0. The lowest BCUT2D eigenvalue weighted by atomic mass is 9.63. The molecular weight excluding hydrogens is 332 g/mol. The summed E-state index contributed by atoms with van der Waals surface area (Å²) in [5.74, 6) is 0.524. The van der Waals surface area contributed by atoms with Gasteiger partial charge in [0.1, 0.15) is 0 Å². The SMILES string of the molecule is Cc1cccc2c1C(C)(C(C)C)c1c(C)c(C)c(C)c(C)c1SC2(C)C. The third-order valence-corrected chi connectivity index (χ3v) is 8.55. The molecule has 0 aromatic heterocycles. The van der Waals surface area contributed by atoms with E-state index in [0.29, 0.717) is 5.92 Å². The van der Waals surface area contributed by atoms with Crippen LogP contribution < -0.4 is 0 Å². The number of hydrogen-bond acceptors (Lipinski definition) is 1. The fourth-order valence-corrected chi connectivity index (χ4v) is 6.47. The van der Waals surface area contributed by atoms with E-state index in [4.69, 9.17) is 0 Å². The number of rotatable bonds is 1. The molecule has 0 amide bonds. The van der Waals surface area contributed by atoms with Gasteiger partial charge in [0.2, 0.25) is 0 Å². The van der Waals surface area contributed by atoms with Crippen LogP contribution >= 0.6 is 11.8 Å². The molecule has 0 N–H and O–H groups in total. The van der Waals surface area contributed by atoms with Gasteiger partial charge in [-0.05, 0) is 98.9 Å². The average Bonchev–Trinajstić information content (AvgIpc) is 2.64. The average molecular weight is 367 g/mol. The minimum Gasteiger partial charge on any atom is -0.114 e. The maximum absolute atomic E-state index is 2.49. The normalized spacial score (nSPS) is 21.3. The van der Waals surface area contributed by atoms with Crippen molar-refractivity contribution in [1.29, 1.82) is 0 Å². The van der Waals surface area contributed by atoms with Gasteiger partial charge in [-0.3, -0.25) is 0 Å². The van der Waals surface area contributed by atoms with Gasteiger partial charge in [-0.25, -0.2) is 0 Å². The number of hydrogen-bond donors (Lipinski definition) is 0. The van der Waals surface area contributed by atoms with Crippen LogP contribution in [0.1, 0.15) is 79.1 Å². The van der Waals surface area contributed by atoms with Crippen LogP contribution in [0.2, 0.25) is 0 Å². The molecule has 3 rings (SSSR count). The highest BCUT2D eigenvalue weighted by Crippen LogP contribution is 2.58. The monoisotopic (exact) mass is 366 g/mol. The van der Waals surface area contributed by atoms with E-state index in [1.165, 1.54) is 38.3 Å². The van der Waals surface area contributed by atoms with Crippen molar-refractivity contribution >= 4 is 11.8 Å². The van der Waals surface area contributed by atoms with Crippen LogP contribution in [-0.2, 0) is 10.2 Å². The molecule has 2 aromatic rings. The predicted molar refractivity (Wildman–Crippen MR) is 117 cm³/mol. The molecule has 0 nitrogen and oxygen atoms in total. The highest BCUT2D eigenvalue weighted by Gasteiger charge is 2.45. The Kier molecular flexibility index (Phi) is 4.63. The van der Waals surface area contributed by atoms with E-state index in [1.54, 1.807) is 11.1 Å². The third-order valence-electron chi connectivity index (χ3n) is 7.10. The van der Waals surface area contributed by atoms with Crippen LogP contribution in [0, 0.1) is 40.5 Å². The Balaban J connectivity index is 2.59. The Bertz CT molecular complexity index is 886. The fourth-order valence-electron chi connectivity index (χ4n) is 4.90. The summed E-state index contributed by atoms with van der Waals surface area (Å²) >= 11 is 2.07. The molecule has 0 saturated heterocycles. The second-order valence-corrected chi connectivity index (χ2v) is 10.8. The van der Waals surface area contributed by atoms with E-state index >= 15 is 0 Å². The first-order chi connectivity index (χ1) is 11.9. The van der Waals surface area contributed by atoms with E-state index in [0.717, 1.165) is 0 Å². The standard InChI is InChI=1S/C25H34S/c1-14(2)25(10)21-15(3)12-11-13-20(21)24(8,9)26-23-19(7)17(5)16(4)18(6)22(23)25/h11-14H,1-10H3. The molecule has 0 radical (unpaired) electrons. The summed E-state index contributed by atoms with van der Waals surface area (Å²) in [5.41, 5.74) is 11.9. The minimum atomic E-state index is 0.0179. The zero-order chi connectivity index (χ0) is 19.6. The molecule has 1 heterocycles. The highest BCUT2D eigenvalue weighted by molar-refractivity contribution is 8.00. The Morgan fingerprint density at radius 2 is 1.35 bits per heavy atom. The highest BCUT2D eigenvalue weighted by atomic mass is 32.2. The quantitative estimate of drug-likeness (QED) is 0.502. The first-order valence-electron chi connectivity index (χ1n) is 9.85. The molecule has 1 atom stereocenters. The lowest BCUT2D eigenvalue weighted by molar-refractivity contribution is 0.392. The maximum Gasteiger partial charge on any atom is 0.0402 e. The summed E-state index contributed by atoms with van der Waals surface area (Å²) in [5, 5.41) is 0. The van der Waals surface area contributed by atoms with Crippen molar-refractivity contribution in [2.75, 3.05) is 0 Å². The van der Waals surface area contributed by atoms with Gasteiger partial charge < -0.3 is 0 Å². The molecule has 0 fully saturated rings. The second-order valence-electron chi connectivity index (χ2n) is 9.17. The van der Waals surface area contributed by atoms with Gasteiger partial charge in [0, 0.05) is 15.1 Å². The second kappa shape index (κ2) is 6.16. The summed E-state index contributed by atoms with van der Waals surface area (Å²) in [6.07, 6.45) is 0. The van der Waals surface area contributed by atoms with Crippen LogP contribution in [0.3, 0.4) is 0 Å². The smallest absolute Gasteiger partial charge is 0.0402 e. The first-order valence-corrected chi connectivity index (χ1v) is 10.7. The molecule has 140 valence electrons. The topological polar surface area (TPSA) is 0 Å². The van der Waals surface area contributed by atoms with Crippen LogP contribution in [-0.4, -0.2) is 0 Å². The number of benzene rings is 2. The molecule has 0 saturated carbocycles. The molecule has 2 aromatic carbocycles. The van der Waals surface area contributed by atoms with Crippen molar-refractivity contribution in [3.05, 3.63) is 62.7 Å². The van der Waals surface area contributed by atoms with Crippen molar-refractivity contribution in [2.24, 2.45) is 5.92 Å². The zero-order valence-electron chi connectivity index (χ0n) is 18.2. The van der Waals surface area contributed by atoms with Gasteiger partial charge in [0.15, 0.2) is 0 Å². The molecule has 1 aliphatic rings. The Morgan fingerprint density at radius 1 is 0.769 bits per heavy atom. The van der Waals surface area contributed by atoms with Crippen molar-refractivity contribution in [3.8, 4) is 0 Å². The molecule has 26 heavy (non-hydrogen) atoms. The summed E-state index contributed by atoms with van der Waals surface area (Å²) in [6.45, 7) is 23.6. The summed E-state index contributed by atoms with van der Waals surface area (Å²) in [4.78, 5) is 1.52. The summed E-state index contributed by atoms with van der Waals surface area (Å²) < 4.78 is 0.0572. The fraction of sp³-hybridized carbons (Fsp3) is 0.520. The van der Waals surface area contributed by atoms with Crippen molar-refractivity contribution in [3.63, 3.8) is 0 Å². The zero-order valence-corrected chi connectivity index (χ0v) is 19.0. The Labute approximate surface area is 164 Å². The number of fused-ring (bicyclic) bond motifs is 2. The number of aryl methyl sites for hydroxylation is 1. The lowest BCUT2D eigenvalue weighted by Crippen LogP contribution is -2.34. The predicted octanol–water partition coefficient (Wildman–Crippen LogP) is 7.53. The van der Waals surface area contributed by atoms with E-state index in [2.05, 4.69) is 99.2 Å². The van der Waals surface area contributed by atoms with Crippen LogP contribution in [0.25, 0.3) is 0 Å². The van der Waals surface area contributed by atoms with Crippen LogP contribution in [0.5, 0.6) is 0 Å². The lowest BCUT2D eigenvalue weighted by Gasteiger charge is -2.40. The van der Waals surface area contributed by atoms with Gasteiger partial charge in [-0.15, -0.1) is 11.8 Å². The maximum atomic E-state index is 2.49. The van der Waals surface area contributed by atoms with Gasteiger partial charge >= 0.3 is 0 Å². The van der Waals surface area contributed by atoms with Crippen LogP contribution in [0.4, 0.5) is 0 Å². The van der Waals surface area contributed by atoms with E-state index in [-0.39, 0.29) is 10.2 Å². The number of thioether (sulfide) groups is 1. The van der Waals surface area contributed by atoms with Crippen molar-refractivity contribution in [1.82, 2.24) is 0 Å². The Hall–Kier alpha value is -1.21. The molecule has 0 spiro atoms. The van der Waals surface area contributed by atoms with E-state index in [9.17, 15) is 0 Å². The van der Waals surface area contributed by atoms with Gasteiger partial charge in [0.05, 0.1) is 0 Å². The van der Waals surface area contributed by atoms with Crippen LogP contribution in [0.15, 0.2) is 23.1 Å². The molecule has 1 heteroatoms. The van der Waals surface area contributed by atoms with E-state index < -0.39 is 0 Å². The van der Waals surface area contributed by atoms with Crippen molar-refractivity contribution < 1.29 is 0 Å².